The van der Waals surface area contributed by atoms with Crippen molar-refractivity contribution >= 4 is 0 Å². The summed E-state index contributed by atoms with van der Waals surface area (Å²) < 4.78 is 0. The average Bonchev–Trinajstić information content (AvgIpc) is 2.20. The lowest BCUT2D eigenvalue weighted by Gasteiger charge is -2.20. The van der Waals surface area contributed by atoms with Gasteiger partial charge in [0.25, 0.3) is 0 Å². The lowest BCUT2D eigenvalue weighted by molar-refractivity contribution is 0.443. The van der Waals surface area contributed by atoms with E-state index in [1.54, 1.807) is 0 Å². The molecule has 0 saturated carbocycles. The van der Waals surface area contributed by atoms with Crippen LogP contribution in [0.5, 0.6) is 0 Å². The first-order valence-electron chi connectivity index (χ1n) is 4.85. The number of rotatable bonds is 2. The van der Waals surface area contributed by atoms with Gasteiger partial charge in [0.1, 0.15) is 0 Å². The summed E-state index contributed by atoms with van der Waals surface area (Å²) in [7, 11) is 0. The molecule has 1 aliphatic rings. The van der Waals surface area contributed by atoms with Crippen molar-refractivity contribution in [1.29, 1.82) is 0 Å². The second kappa shape index (κ2) is 4.34. The van der Waals surface area contributed by atoms with E-state index in [0.29, 0.717) is 11.8 Å². The summed E-state index contributed by atoms with van der Waals surface area (Å²) in [6.07, 6.45) is 7.08. The predicted molar refractivity (Wildman–Crippen MR) is 53.8 cm³/mol. The molecule has 1 heteroatoms. The van der Waals surface area contributed by atoms with Crippen LogP contribution in [0.15, 0.2) is 24.4 Å². The Hall–Kier alpha value is -0.720. The molecule has 12 heavy (non-hydrogen) atoms. The third-order valence-electron chi connectivity index (χ3n) is 2.64. The van der Waals surface area contributed by atoms with Gasteiger partial charge >= 0.3 is 0 Å². The molecule has 1 N–H and O–H groups in total. The second-order valence-electron chi connectivity index (χ2n) is 3.58. The summed E-state index contributed by atoms with van der Waals surface area (Å²) in [6.45, 7) is 9.48. The molecule has 0 amide bonds. The van der Waals surface area contributed by atoms with Crippen LogP contribution in [0.3, 0.4) is 0 Å². The maximum Gasteiger partial charge on any atom is 0.0327 e. The molecule has 68 valence electrons. The van der Waals surface area contributed by atoms with Gasteiger partial charge in [-0.3, -0.25) is 0 Å². The van der Waals surface area contributed by atoms with Crippen molar-refractivity contribution in [2.24, 2.45) is 11.8 Å². The lowest BCUT2D eigenvalue weighted by atomic mass is 9.88. The first-order chi connectivity index (χ1) is 5.75. The SMILES string of the molecule is C=C1NCC=C[C@H](CCC)C1C. The quantitative estimate of drug-likeness (QED) is 0.620. The van der Waals surface area contributed by atoms with Crippen molar-refractivity contribution in [2.75, 3.05) is 6.54 Å². The molecule has 1 aliphatic heterocycles. The van der Waals surface area contributed by atoms with Gasteiger partial charge in [0, 0.05) is 18.2 Å². The molecule has 0 aromatic heterocycles. The Kier molecular flexibility index (Phi) is 3.39. The summed E-state index contributed by atoms with van der Waals surface area (Å²) in [5.41, 5.74) is 1.19. The number of allylic oxidation sites excluding steroid dienone is 2. The van der Waals surface area contributed by atoms with E-state index in [1.807, 2.05) is 0 Å². The molecule has 1 nitrogen and oxygen atoms in total. The fraction of sp³-hybridized carbons (Fsp3) is 0.636. The molecule has 0 fully saturated rings. The van der Waals surface area contributed by atoms with Crippen LogP contribution in [-0.2, 0) is 0 Å². The summed E-state index contributed by atoms with van der Waals surface area (Å²) in [6, 6.07) is 0. The van der Waals surface area contributed by atoms with Crippen LogP contribution < -0.4 is 5.32 Å². The van der Waals surface area contributed by atoms with Crippen LogP contribution in [0.2, 0.25) is 0 Å². The third kappa shape index (κ3) is 2.13. The van der Waals surface area contributed by atoms with Gasteiger partial charge in [0.05, 0.1) is 0 Å². The van der Waals surface area contributed by atoms with Crippen LogP contribution in [-0.4, -0.2) is 6.54 Å². The molecular formula is C11H19N. The minimum Gasteiger partial charge on any atom is -0.385 e. The summed E-state index contributed by atoms with van der Waals surface area (Å²) in [5, 5.41) is 3.30. The summed E-state index contributed by atoms with van der Waals surface area (Å²) in [4.78, 5) is 0. The maximum atomic E-state index is 4.04. The first-order valence-corrected chi connectivity index (χ1v) is 4.85. The zero-order valence-corrected chi connectivity index (χ0v) is 8.14. The summed E-state index contributed by atoms with van der Waals surface area (Å²) in [5.74, 6) is 1.28. The highest BCUT2D eigenvalue weighted by Crippen LogP contribution is 2.24. The van der Waals surface area contributed by atoms with Crippen molar-refractivity contribution in [3.05, 3.63) is 24.4 Å². The Morgan fingerprint density at radius 1 is 1.67 bits per heavy atom. The second-order valence-corrected chi connectivity index (χ2v) is 3.58. The van der Waals surface area contributed by atoms with E-state index in [9.17, 15) is 0 Å². The zero-order chi connectivity index (χ0) is 8.97. The molecule has 0 aromatic rings. The Morgan fingerprint density at radius 2 is 2.42 bits per heavy atom. The van der Waals surface area contributed by atoms with Gasteiger partial charge < -0.3 is 5.32 Å². The molecule has 2 atom stereocenters. The molecule has 0 saturated heterocycles. The Labute approximate surface area is 75.6 Å². The minimum absolute atomic E-state index is 0.587. The van der Waals surface area contributed by atoms with E-state index in [4.69, 9.17) is 0 Å². The van der Waals surface area contributed by atoms with Gasteiger partial charge in [-0.2, -0.15) is 0 Å². The third-order valence-corrected chi connectivity index (χ3v) is 2.64. The fourth-order valence-corrected chi connectivity index (χ4v) is 1.70. The lowest BCUT2D eigenvalue weighted by Crippen LogP contribution is -2.19. The topological polar surface area (TPSA) is 12.0 Å². The van der Waals surface area contributed by atoms with Gasteiger partial charge in [-0.05, 0) is 12.3 Å². The van der Waals surface area contributed by atoms with E-state index >= 15 is 0 Å². The van der Waals surface area contributed by atoms with Crippen LogP contribution in [0.4, 0.5) is 0 Å². The molecule has 0 aliphatic carbocycles. The van der Waals surface area contributed by atoms with Gasteiger partial charge in [0.2, 0.25) is 0 Å². The van der Waals surface area contributed by atoms with Crippen molar-refractivity contribution in [3.8, 4) is 0 Å². The normalized spacial score (nSPS) is 29.7. The first kappa shape index (κ1) is 9.37. The van der Waals surface area contributed by atoms with Crippen LogP contribution in [0.1, 0.15) is 26.7 Å². The Morgan fingerprint density at radius 3 is 3.08 bits per heavy atom. The summed E-state index contributed by atoms with van der Waals surface area (Å²) >= 11 is 0. The highest BCUT2D eigenvalue weighted by atomic mass is 14.9. The zero-order valence-electron chi connectivity index (χ0n) is 8.14. The van der Waals surface area contributed by atoms with Crippen molar-refractivity contribution < 1.29 is 0 Å². The molecule has 0 radical (unpaired) electrons. The van der Waals surface area contributed by atoms with Crippen molar-refractivity contribution in [3.63, 3.8) is 0 Å². The molecule has 0 spiro atoms. The fourth-order valence-electron chi connectivity index (χ4n) is 1.70. The van der Waals surface area contributed by atoms with Gasteiger partial charge in [-0.1, -0.05) is 39.0 Å². The van der Waals surface area contributed by atoms with Crippen molar-refractivity contribution in [2.45, 2.75) is 26.7 Å². The standard InChI is InChI=1S/C11H19N/c1-4-6-11-7-5-8-12-10(3)9(11)2/h5,7,9,11-12H,3-4,6,8H2,1-2H3/t9?,11-/m0/s1. The van der Waals surface area contributed by atoms with Crippen LogP contribution in [0.25, 0.3) is 0 Å². The number of hydrogen-bond donors (Lipinski definition) is 1. The molecular weight excluding hydrogens is 146 g/mol. The van der Waals surface area contributed by atoms with E-state index in [0.717, 1.165) is 6.54 Å². The smallest absolute Gasteiger partial charge is 0.0327 e. The van der Waals surface area contributed by atoms with Gasteiger partial charge in [-0.15, -0.1) is 0 Å². The van der Waals surface area contributed by atoms with E-state index in [1.165, 1.54) is 18.5 Å². The number of nitrogens with one attached hydrogen (secondary N) is 1. The maximum absolute atomic E-state index is 4.04. The van der Waals surface area contributed by atoms with E-state index in [-0.39, 0.29) is 0 Å². The van der Waals surface area contributed by atoms with Crippen LogP contribution in [0, 0.1) is 11.8 Å². The highest BCUT2D eigenvalue weighted by Gasteiger charge is 2.17. The predicted octanol–water partition coefficient (Wildman–Crippen LogP) is 2.71. The molecule has 1 heterocycles. The minimum atomic E-state index is 0.587. The molecule has 0 bridgehead atoms. The molecule has 0 aromatic carbocycles. The Bertz CT molecular complexity index is 181. The van der Waals surface area contributed by atoms with Gasteiger partial charge in [0.15, 0.2) is 0 Å². The van der Waals surface area contributed by atoms with Gasteiger partial charge in [-0.25, -0.2) is 0 Å². The molecule has 1 rings (SSSR count). The largest absolute Gasteiger partial charge is 0.385 e. The van der Waals surface area contributed by atoms with E-state index in [2.05, 4.69) is 37.9 Å². The van der Waals surface area contributed by atoms with Crippen molar-refractivity contribution in [1.82, 2.24) is 5.32 Å². The highest BCUT2D eigenvalue weighted by molar-refractivity contribution is 5.09. The molecule has 1 unspecified atom stereocenters. The van der Waals surface area contributed by atoms with E-state index < -0.39 is 0 Å². The monoisotopic (exact) mass is 165 g/mol. The Balaban J connectivity index is 2.61. The average molecular weight is 165 g/mol. The number of hydrogen-bond acceptors (Lipinski definition) is 1. The van der Waals surface area contributed by atoms with Crippen LogP contribution >= 0.6 is 0 Å².